The quantitative estimate of drug-likeness (QED) is 0.773. The number of benzene rings is 1. The third-order valence-corrected chi connectivity index (χ3v) is 2.94. The summed E-state index contributed by atoms with van der Waals surface area (Å²) in [5.74, 6) is -3.69. The molecule has 1 aromatic carbocycles. The Hall–Kier alpha value is -2.18. The number of rotatable bonds is 5. The predicted molar refractivity (Wildman–Crippen MR) is 68.0 cm³/mol. The van der Waals surface area contributed by atoms with Crippen molar-refractivity contribution in [2.24, 2.45) is 5.92 Å². The topological polar surface area (TPSA) is 78.4 Å². The molecule has 0 bridgehead atoms. The second-order valence-electron chi connectivity index (χ2n) is 4.49. The van der Waals surface area contributed by atoms with Crippen molar-refractivity contribution in [1.82, 2.24) is 10.6 Å². The number of amides is 2. The number of nitrogens with one attached hydrogen (secondary N) is 2. The molecule has 0 aliphatic rings. The molecule has 1 rings (SSSR count). The van der Waals surface area contributed by atoms with Crippen LogP contribution < -0.4 is 10.6 Å². The van der Waals surface area contributed by atoms with Gasteiger partial charge in [0, 0.05) is 12.6 Å². The molecule has 0 spiro atoms. The number of carbonyl (C=O) groups excluding carboxylic acids is 1. The van der Waals surface area contributed by atoms with Gasteiger partial charge in [0.05, 0.1) is 5.92 Å². The Labute approximate surface area is 115 Å². The van der Waals surface area contributed by atoms with Crippen molar-refractivity contribution in [3.8, 4) is 0 Å². The Bertz CT molecular complexity index is 508. The molecule has 0 radical (unpaired) electrons. The Morgan fingerprint density at radius 3 is 2.45 bits per heavy atom. The summed E-state index contributed by atoms with van der Waals surface area (Å²) < 4.78 is 25.6. The van der Waals surface area contributed by atoms with Gasteiger partial charge in [-0.25, -0.2) is 13.6 Å². The Morgan fingerprint density at radius 2 is 1.90 bits per heavy atom. The number of hydrogen-bond acceptors (Lipinski definition) is 2. The summed E-state index contributed by atoms with van der Waals surface area (Å²) in [5.41, 5.74) is 0.401. The van der Waals surface area contributed by atoms with E-state index in [4.69, 9.17) is 5.11 Å². The fraction of sp³-hybridized carbons (Fsp3) is 0.385. The maximum atomic E-state index is 12.9. The average molecular weight is 286 g/mol. The first-order valence-electron chi connectivity index (χ1n) is 6.02. The summed E-state index contributed by atoms with van der Waals surface area (Å²) in [4.78, 5) is 22.2. The molecule has 0 heterocycles. The van der Waals surface area contributed by atoms with E-state index in [-0.39, 0.29) is 6.54 Å². The molecule has 0 aliphatic heterocycles. The van der Waals surface area contributed by atoms with Crippen LogP contribution in [0.3, 0.4) is 0 Å². The van der Waals surface area contributed by atoms with Gasteiger partial charge in [-0.05, 0) is 31.5 Å². The first-order valence-corrected chi connectivity index (χ1v) is 6.02. The molecule has 0 saturated heterocycles. The third kappa shape index (κ3) is 4.49. The van der Waals surface area contributed by atoms with Crippen LogP contribution in [0.5, 0.6) is 0 Å². The molecular weight excluding hydrogens is 270 g/mol. The van der Waals surface area contributed by atoms with Crippen molar-refractivity contribution < 1.29 is 23.5 Å². The van der Waals surface area contributed by atoms with Gasteiger partial charge in [0.1, 0.15) is 0 Å². The normalized spacial score (nSPS) is 13.4. The van der Waals surface area contributed by atoms with Crippen LogP contribution in [0.2, 0.25) is 0 Å². The molecule has 2 atom stereocenters. The summed E-state index contributed by atoms with van der Waals surface area (Å²) in [6.07, 6.45) is 0. The minimum absolute atomic E-state index is 0.0111. The van der Waals surface area contributed by atoms with Crippen LogP contribution >= 0.6 is 0 Å². The largest absolute Gasteiger partial charge is 0.481 e. The lowest BCUT2D eigenvalue weighted by Gasteiger charge is -2.18. The van der Waals surface area contributed by atoms with Crippen molar-refractivity contribution in [2.75, 3.05) is 0 Å². The molecule has 3 N–H and O–H groups in total. The fourth-order valence-electron chi connectivity index (χ4n) is 1.43. The number of hydrogen-bond donors (Lipinski definition) is 3. The molecule has 0 aromatic heterocycles. The lowest BCUT2D eigenvalue weighted by Crippen LogP contribution is -2.45. The lowest BCUT2D eigenvalue weighted by atomic mass is 10.0. The van der Waals surface area contributed by atoms with Gasteiger partial charge in [-0.2, -0.15) is 0 Å². The van der Waals surface area contributed by atoms with E-state index in [1.54, 1.807) is 6.92 Å². The molecule has 0 fully saturated rings. The van der Waals surface area contributed by atoms with E-state index >= 15 is 0 Å². The molecule has 0 saturated carbocycles. The van der Waals surface area contributed by atoms with Crippen LogP contribution in [0.4, 0.5) is 13.6 Å². The van der Waals surface area contributed by atoms with Crippen molar-refractivity contribution in [1.29, 1.82) is 0 Å². The van der Waals surface area contributed by atoms with E-state index in [0.29, 0.717) is 5.56 Å². The van der Waals surface area contributed by atoms with E-state index in [2.05, 4.69) is 10.6 Å². The monoisotopic (exact) mass is 286 g/mol. The van der Waals surface area contributed by atoms with Crippen molar-refractivity contribution in [3.05, 3.63) is 35.4 Å². The van der Waals surface area contributed by atoms with E-state index < -0.39 is 35.6 Å². The van der Waals surface area contributed by atoms with Gasteiger partial charge in [0.25, 0.3) is 0 Å². The van der Waals surface area contributed by atoms with E-state index in [1.165, 1.54) is 13.0 Å². The van der Waals surface area contributed by atoms with Crippen LogP contribution in [0.15, 0.2) is 18.2 Å². The SMILES string of the molecule is CC(NC(=O)NCc1ccc(F)c(F)c1)C(C)C(=O)O. The van der Waals surface area contributed by atoms with Gasteiger partial charge in [-0.3, -0.25) is 4.79 Å². The predicted octanol–water partition coefficient (Wildman–Crippen LogP) is 1.87. The van der Waals surface area contributed by atoms with Gasteiger partial charge in [-0.1, -0.05) is 6.07 Å². The van der Waals surface area contributed by atoms with Gasteiger partial charge >= 0.3 is 12.0 Å². The van der Waals surface area contributed by atoms with Crippen molar-refractivity contribution in [2.45, 2.75) is 26.4 Å². The van der Waals surface area contributed by atoms with Crippen molar-refractivity contribution in [3.63, 3.8) is 0 Å². The maximum absolute atomic E-state index is 12.9. The molecule has 2 amide bonds. The highest BCUT2D eigenvalue weighted by atomic mass is 19.2. The zero-order valence-corrected chi connectivity index (χ0v) is 11.1. The standard InChI is InChI=1S/C13H16F2N2O3/c1-7(12(18)19)8(2)17-13(20)16-6-9-3-4-10(14)11(15)5-9/h3-5,7-8H,6H2,1-2H3,(H,18,19)(H2,16,17,20). The van der Waals surface area contributed by atoms with Gasteiger partial charge in [-0.15, -0.1) is 0 Å². The second kappa shape index (κ2) is 6.83. The number of carbonyl (C=O) groups is 2. The maximum Gasteiger partial charge on any atom is 0.315 e. The highest BCUT2D eigenvalue weighted by Gasteiger charge is 2.20. The van der Waals surface area contributed by atoms with Crippen LogP contribution in [-0.4, -0.2) is 23.1 Å². The minimum Gasteiger partial charge on any atom is -0.481 e. The molecule has 0 aliphatic carbocycles. The zero-order valence-electron chi connectivity index (χ0n) is 11.1. The Kier molecular flexibility index (Phi) is 5.42. The van der Waals surface area contributed by atoms with E-state index in [0.717, 1.165) is 12.1 Å². The zero-order chi connectivity index (χ0) is 15.3. The Morgan fingerprint density at radius 1 is 1.25 bits per heavy atom. The van der Waals surface area contributed by atoms with Crippen LogP contribution in [0.25, 0.3) is 0 Å². The first-order chi connectivity index (χ1) is 9.31. The van der Waals surface area contributed by atoms with Crippen LogP contribution in [-0.2, 0) is 11.3 Å². The van der Waals surface area contributed by atoms with Crippen molar-refractivity contribution >= 4 is 12.0 Å². The Balaban J connectivity index is 2.47. The molecule has 20 heavy (non-hydrogen) atoms. The van der Waals surface area contributed by atoms with Crippen LogP contribution in [0.1, 0.15) is 19.4 Å². The second-order valence-corrected chi connectivity index (χ2v) is 4.49. The van der Waals surface area contributed by atoms with E-state index in [9.17, 15) is 18.4 Å². The molecule has 2 unspecified atom stereocenters. The highest BCUT2D eigenvalue weighted by molar-refractivity contribution is 5.76. The van der Waals surface area contributed by atoms with Crippen LogP contribution in [0, 0.1) is 17.6 Å². The average Bonchev–Trinajstić information content (AvgIpc) is 2.39. The smallest absolute Gasteiger partial charge is 0.315 e. The molecular formula is C13H16F2N2O3. The number of carboxylic acids is 1. The van der Waals surface area contributed by atoms with Gasteiger partial charge in [0.2, 0.25) is 0 Å². The number of urea groups is 1. The number of aliphatic carboxylic acids is 1. The lowest BCUT2D eigenvalue weighted by molar-refractivity contribution is -0.141. The van der Waals surface area contributed by atoms with E-state index in [1.807, 2.05) is 0 Å². The first kappa shape index (κ1) is 15.9. The summed E-state index contributed by atoms with van der Waals surface area (Å²) in [6, 6.07) is 2.17. The van der Waals surface area contributed by atoms with Gasteiger partial charge in [0.15, 0.2) is 11.6 Å². The summed E-state index contributed by atoms with van der Waals surface area (Å²) in [7, 11) is 0. The molecule has 110 valence electrons. The van der Waals surface area contributed by atoms with Gasteiger partial charge < -0.3 is 15.7 Å². The summed E-state index contributed by atoms with van der Waals surface area (Å²) in [5, 5.41) is 13.7. The summed E-state index contributed by atoms with van der Waals surface area (Å²) >= 11 is 0. The fourth-order valence-corrected chi connectivity index (χ4v) is 1.43. The minimum atomic E-state index is -1.02. The number of halogens is 2. The summed E-state index contributed by atoms with van der Waals surface area (Å²) in [6.45, 7) is 3.05. The molecule has 1 aromatic rings. The molecule has 7 heteroatoms. The highest BCUT2D eigenvalue weighted by Crippen LogP contribution is 2.08. The molecule has 5 nitrogen and oxygen atoms in total. The number of carboxylic acid groups (broad SMARTS) is 1. The third-order valence-electron chi connectivity index (χ3n) is 2.94.